The molecule has 1 amide bonds. The third kappa shape index (κ3) is 6.09. The molecule has 0 bridgehead atoms. The third-order valence-corrected chi connectivity index (χ3v) is 4.94. The summed E-state index contributed by atoms with van der Waals surface area (Å²) < 4.78 is 29.9. The van der Waals surface area contributed by atoms with Crippen molar-refractivity contribution in [3.63, 3.8) is 0 Å². The van der Waals surface area contributed by atoms with Crippen molar-refractivity contribution in [1.29, 1.82) is 5.26 Å². The number of nitrogens with one attached hydrogen (secondary N) is 2. The molecule has 27 heavy (non-hydrogen) atoms. The van der Waals surface area contributed by atoms with E-state index in [-0.39, 0.29) is 10.5 Å². The van der Waals surface area contributed by atoms with E-state index in [1.165, 1.54) is 24.3 Å². The van der Waals surface area contributed by atoms with Crippen molar-refractivity contribution in [2.24, 2.45) is 5.92 Å². The highest BCUT2D eigenvalue weighted by molar-refractivity contribution is 7.89. The minimum absolute atomic E-state index is 0.0595. The van der Waals surface area contributed by atoms with Crippen LogP contribution in [0, 0.1) is 17.2 Å². The fourth-order valence-electron chi connectivity index (χ4n) is 2.07. The Bertz CT molecular complexity index is 915. The van der Waals surface area contributed by atoms with Crippen LogP contribution in [0.4, 0.5) is 0 Å². The number of benzene rings is 2. The molecule has 7 nitrogen and oxygen atoms in total. The van der Waals surface area contributed by atoms with Crippen LogP contribution in [-0.2, 0) is 10.0 Å². The molecule has 0 aromatic heterocycles. The molecule has 0 spiro atoms. The van der Waals surface area contributed by atoms with Crippen LogP contribution in [0.2, 0.25) is 0 Å². The topological polar surface area (TPSA) is 108 Å². The van der Waals surface area contributed by atoms with Gasteiger partial charge in [0, 0.05) is 5.56 Å². The number of hydrogen-bond acceptors (Lipinski definition) is 5. The Morgan fingerprint density at radius 3 is 2.30 bits per heavy atom. The first-order valence-corrected chi connectivity index (χ1v) is 9.85. The lowest BCUT2D eigenvalue weighted by Crippen LogP contribution is -2.41. The summed E-state index contributed by atoms with van der Waals surface area (Å²) in [5.74, 6) is 0.588. The number of hydrazine groups is 1. The molecule has 0 fully saturated rings. The smallest absolute Gasteiger partial charge is 0.266 e. The van der Waals surface area contributed by atoms with Crippen LogP contribution >= 0.6 is 0 Å². The van der Waals surface area contributed by atoms with E-state index in [1.807, 2.05) is 10.9 Å². The number of hydrogen-bond donors (Lipinski definition) is 2. The van der Waals surface area contributed by atoms with Gasteiger partial charge in [0.2, 0.25) is 0 Å². The Morgan fingerprint density at radius 1 is 1.11 bits per heavy atom. The SMILES string of the molecule is CC(C)CCOc1ccc(C(=O)NNS(=O)(=O)c2ccc(C#N)cc2)cc1. The number of ether oxygens (including phenoxy) is 1. The van der Waals surface area contributed by atoms with Gasteiger partial charge in [0.1, 0.15) is 5.75 Å². The van der Waals surface area contributed by atoms with Crippen molar-refractivity contribution in [2.75, 3.05) is 6.61 Å². The van der Waals surface area contributed by atoms with E-state index >= 15 is 0 Å². The first-order valence-electron chi connectivity index (χ1n) is 8.37. The minimum atomic E-state index is -3.93. The molecule has 0 saturated carbocycles. The summed E-state index contributed by atoms with van der Waals surface area (Å²) in [5.41, 5.74) is 2.79. The second-order valence-electron chi connectivity index (χ2n) is 6.25. The van der Waals surface area contributed by atoms with Crippen LogP contribution in [-0.4, -0.2) is 20.9 Å². The van der Waals surface area contributed by atoms with Gasteiger partial charge in [-0.3, -0.25) is 10.2 Å². The van der Waals surface area contributed by atoms with Crippen molar-refractivity contribution in [3.8, 4) is 11.8 Å². The number of carbonyl (C=O) groups is 1. The standard InChI is InChI=1S/C19H21N3O4S/c1-14(2)11-12-26-17-7-5-16(6-8-17)19(23)21-22-27(24,25)18-9-3-15(13-20)4-10-18/h3-10,14,22H,11-12H2,1-2H3,(H,21,23). The summed E-state index contributed by atoms with van der Waals surface area (Å²) in [6.45, 7) is 4.80. The predicted octanol–water partition coefficient (Wildman–Crippen LogP) is 2.61. The molecule has 0 saturated heterocycles. The lowest BCUT2D eigenvalue weighted by atomic mass is 10.1. The van der Waals surface area contributed by atoms with E-state index in [9.17, 15) is 13.2 Å². The van der Waals surface area contributed by atoms with Crippen LogP contribution in [0.3, 0.4) is 0 Å². The summed E-state index contributed by atoms with van der Waals surface area (Å²) in [5, 5.41) is 8.74. The first kappa shape index (κ1) is 20.4. The van der Waals surface area contributed by atoms with Gasteiger partial charge in [-0.25, -0.2) is 8.42 Å². The maximum absolute atomic E-state index is 12.2. The Balaban J connectivity index is 1.93. The summed E-state index contributed by atoms with van der Waals surface area (Å²) in [6.07, 6.45) is 0.930. The number of rotatable bonds is 8. The Morgan fingerprint density at radius 2 is 1.74 bits per heavy atom. The minimum Gasteiger partial charge on any atom is -0.494 e. The molecular formula is C19H21N3O4S. The van der Waals surface area contributed by atoms with Gasteiger partial charge < -0.3 is 4.74 Å². The van der Waals surface area contributed by atoms with Crippen LogP contribution in [0.5, 0.6) is 5.75 Å². The van der Waals surface area contributed by atoms with Gasteiger partial charge in [0.15, 0.2) is 0 Å². The van der Waals surface area contributed by atoms with Gasteiger partial charge in [-0.2, -0.15) is 5.26 Å². The monoisotopic (exact) mass is 387 g/mol. The van der Waals surface area contributed by atoms with Gasteiger partial charge in [0.25, 0.3) is 15.9 Å². The van der Waals surface area contributed by atoms with E-state index in [0.717, 1.165) is 6.42 Å². The van der Waals surface area contributed by atoms with Gasteiger partial charge in [-0.1, -0.05) is 13.8 Å². The summed E-state index contributed by atoms with van der Waals surface area (Å²) in [4.78, 5) is 14.1. The van der Waals surface area contributed by atoms with E-state index in [4.69, 9.17) is 10.00 Å². The molecule has 0 heterocycles. The molecule has 2 aromatic carbocycles. The largest absolute Gasteiger partial charge is 0.494 e. The molecule has 2 rings (SSSR count). The highest BCUT2D eigenvalue weighted by Gasteiger charge is 2.15. The molecule has 8 heteroatoms. The normalized spacial score (nSPS) is 11.0. The number of sulfonamides is 1. The second kappa shape index (κ2) is 9.16. The molecule has 0 radical (unpaired) electrons. The summed E-state index contributed by atoms with van der Waals surface area (Å²) >= 11 is 0. The van der Waals surface area contributed by atoms with E-state index < -0.39 is 15.9 Å². The Labute approximate surface area is 159 Å². The maximum Gasteiger partial charge on any atom is 0.266 e. The van der Waals surface area contributed by atoms with Crippen molar-refractivity contribution >= 4 is 15.9 Å². The molecule has 0 unspecified atom stereocenters. The lowest BCUT2D eigenvalue weighted by molar-refractivity contribution is 0.0945. The van der Waals surface area contributed by atoms with Crippen LogP contribution < -0.4 is 15.0 Å². The van der Waals surface area contributed by atoms with Crippen molar-refractivity contribution in [2.45, 2.75) is 25.2 Å². The fourth-order valence-corrected chi connectivity index (χ4v) is 2.91. The Hall–Kier alpha value is -2.89. The quantitative estimate of drug-likeness (QED) is 0.677. The Kier molecular flexibility index (Phi) is 6.93. The molecule has 0 aliphatic rings. The number of nitriles is 1. The number of carbonyl (C=O) groups excluding carboxylic acids is 1. The summed E-state index contributed by atoms with van der Waals surface area (Å²) in [6, 6.07) is 13.7. The average Bonchev–Trinajstić information content (AvgIpc) is 2.66. The maximum atomic E-state index is 12.2. The predicted molar refractivity (Wildman–Crippen MR) is 100 cm³/mol. The van der Waals surface area contributed by atoms with E-state index in [2.05, 4.69) is 19.3 Å². The lowest BCUT2D eigenvalue weighted by Gasteiger charge is -2.10. The first-order chi connectivity index (χ1) is 12.8. The van der Waals surface area contributed by atoms with Gasteiger partial charge in [-0.05, 0) is 60.9 Å². The van der Waals surface area contributed by atoms with Gasteiger partial charge in [0.05, 0.1) is 23.1 Å². The van der Waals surface area contributed by atoms with Crippen LogP contribution in [0.1, 0.15) is 36.2 Å². The highest BCUT2D eigenvalue weighted by atomic mass is 32.2. The zero-order chi connectivity index (χ0) is 19.9. The molecule has 2 aromatic rings. The molecule has 0 aliphatic carbocycles. The van der Waals surface area contributed by atoms with Gasteiger partial charge >= 0.3 is 0 Å². The zero-order valence-electron chi connectivity index (χ0n) is 15.1. The summed E-state index contributed by atoms with van der Waals surface area (Å²) in [7, 11) is -3.93. The fraction of sp³-hybridized carbons (Fsp3) is 0.263. The molecule has 2 N–H and O–H groups in total. The van der Waals surface area contributed by atoms with Crippen molar-refractivity contribution < 1.29 is 17.9 Å². The zero-order valence-corrected chi connectivity index (χ0v) is 15.9. The highest BCUT2D eigenvalue weighted by Crippen LogP contribution is 2.14. The van der Waals surface area contributed by atoms with E-state index in [1.54, 1.807) is 24.3 Å². The molecule has 142 valence electrons. The second-order valence-corrected chi connectivity index (χ2v) is 7.93. The van der Waals surface area contributed by atoms with Crippen molar-refractivity contribution in [3.05, 3.63) is 59.7 Å². The molecule has 0 aliphatic heterocycles. The van der Waals surface area contributed by atoms with E-state index in [0.29, 0.717) is 23.8 Å². The average molecular weight is 387 g/mol. The van der Waals surface area contributed by atoms with Gasteiger partial charge in [-0.15, -0.1) is 4.83 Å². The van der Waals surface area contributed by atoms with Crippen LogP contribution in [0.15, 0.2) is 53.4 Å². The number of nitrogens with zero attached hydrogens (tertiary/aromatic N) is 1. The van der Waals surface area contributed by atoms with Crippen LogP contribution in [0.25, 0.3) is 0 Å². The van der Waals surface area contributed by atoms with Crippen molar-refractivity contribution in [1.82, 2.24) is 10.3 Å². The molecule has 0 atom stereocenters. The third-order valence-electron chi connectivity index (χ3n) is 3.67. The molecular weight excluding hydrogens is 366 g/mol. The number of amides is 1.